The van der Waals surface area contributed by atoms with Crippen molar-refractivity contribution in [3.05, 3.63) is 6.92 Å². The van der Waals surface area contributed by atoms with Gasteiger partial charge in [-0.2, -0.15) is 0 Å². The van der Waals surface area contributed by atoms with E-state index in [1.54, 1.807) is 0 Å². The summed E-state index contributed by atoms with van der Waals surface area (Å²) in [7, 11) is 0. The average molecular weight is 140 g/mol. The van der Waals surface area contributed by atoms with E-state index in [9.17, 15) is 0 Å². The molecule has 56 valence electrons. The third kappa shape index (κ3) is 0.956. The van der Waals surface area contributed by atoms with Gasteiger partial charge in [-0.3, -0.25) is 0 Å². The maximum Gasteiger partial charge on any atom is 0.168 e. The van der Waals surface area contributed by atoms with Crippen molar-refractivity contribution >= 4 is 0 Å². The zero-order chi connectivity index (χ0) is 7.03. The summed E-state index contributed by atoms with van der Waals surface area (Å²) in [6, 6.07) is 0. The Morgan fingerprint density at radius 1 is 1.30 bits per heavy atom. The van der Waals surface area contributed by atoms with Crippen molar-refractivity contribution in [1.82, 2.24) is 0 Å². The second-order valence-electron chi connectivity index (χ2n) is 3.09. The lowest BCUT2D eigenvalue weighted by Gasteiger charge is -2.20. The van der Waals surface area contributed by atoms with E-state index in [4.69, 9.17) is 16.4 Å². The van der Waals surface area contributed by atoms with Crippen LogP contribution in [0.25, 0.3) is 0 Å². The summed E-state index contributed by atoms with van der Waals surface area (Å²) in [6.07, 6.45) is 4.30. The van der Waals surface area contributed by atoms with Crippen LogP contribution in [0.15, 0.2) is 0 Å². The minimum atomic E-state index is -0.264. The summed E-state index contributed by atoms with van der Waals surface area (Å²) in [4.78, 5) is 0. The highest BCUT2D eigenvalue weighted by molar-refractivity contribution is 4.84. The van der Waals surface area contributed by atoms with Gasteiger partial charge in [-0.15, -0.1) is 0 Å². The monoisotopic (exact) mass is 140 g/mol. The largest absolute Gasteiger partial charge is 0.347 e. The minimum Gasteiger partial charge on any atom is -0.347 e. The topological polar surface area (TPSA) is 18.5 Å². The van der Waals surface area contributed by atoms with Gasteiger partial charge < -0.3 is 9.47 Å². The fourth-order valence-corrected chi connectivity index (χ4v) is 1.75. The van der Waals surface area contributed by atoms with Gasteiger partial charge in [0.15, 0.2) is 5.79 Å². The van der Waals surface area contributed by atoms with Crippen LogP contribution >= 0.6 is 0 Å². The first-order valence-corrected chi connectivity index (χ1v) is 3.88. The van der Waals surface area contributed by atoms with E-state index in [1.165, 1.54) is 12.8 Å². The summed E-state index contributed by atoms with van der Waals surface area (Å²) in [6.45, 7) is 6.11. The van der Waals surface area contributed by atoms with Crippen molar-refractivity contribution < 1.29 is 9.47 Å². The average Bonchev–Trinajstić information content (AvgIpc) is 2.46. The molecule has 2 heteroatoms. The van der Waals surface area contributed by atoms with E-state index in [-0.39, 0.29) is 11.9 Å². The molecule has 0 amide bonds. The molecule has 0 N–H and O–H groups in total. The van der Waals surface area contributed by atoms with E-state index < -0.39 is 0 Å². The van der Waals surface area contributed by atoms with Crippen molar-refractivity contribution in [2.45, 2.75) is 37.6 Å². The van der Waals surface area contributed by atoms with Crippen molar-refractivity contribution in [3.8, 4) is 0 Å². The van der Waals surface area contributed by atoms with Crippen molar-refractivity contribution in [2.24, 2.45) is 0 Å². The van der Waals surface area contributed by atoms with Crippen molar-refractivity contribution in [2.75, 3.05) is 6.61 Å². The van der Waals surface area contributed by atoms with Crippen LogP contribution in [-0.2, 0) is 9.47 Å². The van der Waals surface area contributed by atoms with Gasteiger partial charge in [0.25, 0.3) is 0 Å². The highest BCUT2D eigenvalue weighted by Crippen LogP contribution is 2.38. The zero-order valence-electron chi connectivity index (χ0n) is 6.01. The number of hydrogen-bond donors (Lipinski definition) is 0. The molecule has 2 nitrogen and oxygen atoms in total. The summed E-state index contributed by atoms with van der Waals surface area (Å²) in [5.74, 6) is -0.264. The number of ether oxygens (including phenoxy) is 2. The van der Waals surface area contributed by atoms with E-state index in [0.717, 1.165) is 12.8 Å². The second-order valence-corrected chi connectivity index (χ2v) is 3.09. The Balaban J connectivity index is 2.03. The standard InChI is InChI=1S/C8H12O2/c1-7-6-9-8(10-7)4-2-3-5-8/h1,7H,2-6H2. The molecule has 1 heterocycles. The molecule has 1 aliphatic carbocycles. The lowest BCUT2D eigenvalue weighted by Crippen LogP contribution is -2.25. The van der Waals surface area contributed by atoms with E-state index >= 15 is 0 Å². The lowest BCUT2D eigenvalue weighted by atomic mass is 10.2. The van der Waals surface area contributed by atoms with Crippen LogP contribution in [0.2, 0.25) is 0 Å². The molecule has 0 aromatic carbocycles. The normalized spacial score (nSPS) is 37.5. The first-order valence-electron chi connectivity index (χ1n) is 3.88. The fraction of sp³-hybridized carbons (Fsp3) is 0.875. The van der Waals surface area contributed by atoms with Gasteiger partial charge in [0.2, 0.25) is 0 Å². The summed E-state index contributed by atoms with van der Waals surface area (Å²) in [5.41, 5.74) is 0. The van der Waals surface area contributed by atoms with Crippen molar-refractivity contribution in [3.63, 3.8) is 0 Å². The van der Waals surface area contributed by atoms with E-state index in [2.05, 4.69) is 0 Å². The van der Waals surface area contributed by atoms with Gasteiger partial charge in [0, 0.05) is 12.8 Å². The molecule has 2 rings (SSSR count). The smallest absolute Gasteiger partial charge is 0.168 e. The van der Waals surface area contributed by atoms with Crippen molar-refractivity contribution in [1.29, 1.82) is 0 Å². The number of hydrogen-bond acceptors (Lipinski definition) is 2. The predicted octanol–water partition coefficient (Wildman–Crippen LogP) is 1.38. The van der Waals surface area contributed by atoms with Crippen LogP contribution in [0, 0.1) is 6.92 Å². The minimum absolute atomic E-state index is 0.182. The molecular weight excluding hydrogens is 128 g/mol. The van der Waals surface area contributed by atoms with Gasteiger partial charge in [-0.05, 0) is 19.8 Å². The van der Waals surface area contributed by atoms with Gasteiger partial charge in [-0.1, -0.05) is 0 Å². The number of rotatable bonds is 0. The van der Waals surface area contributed by atoms with Crippen LogP contribution in [0.3, 0.4) is 0 Å². The molecule has 1 atom stereocenters. The first kappa shape index (κ1) is 6.62. The molecule has 1 spiro atoms. The molecule has 0 bridgehead atoms. The van der Waals surface area contributed by atoms with E-state index in [0.29, 0.717) is 6.61 Å². The Bertz CT molecular complexity index is 127. The lowest BCUT2D eigenvalue weighted by molar-refractivity contribution is -0.157. The molecule has 1 saturated heterocycles. The summed E-state index contributed by atoms with van der Waals surface area (Å²) < 4.78 is 10.9. The Kier molecular flexibility index (Phi) is 1.46. The summed E-state index contributed by atoms with van der Waals surface area (Å²) >= 11 is 0. The van der Waals surface area contributed by atoms with Gasteiger partial charge in [0.05, 0.1) is 12.7 Å². The summed E-state index contributed by atoms with van der Waals surface area (Å²) in [5, 5.41) is 0. The second kappa shape index (κ2) is 2.21. The molecule has 0 aromatic rings. The molecular formula is C8H12O2. The Morgan fingerprint density at radius 3 is 2.50 bits per heavy atom. The van der Waals surface area contributed by atoms with Crippen LogP contribution in [0.4, 0.5) is 0 Å². The third-order valence-corrected chi connectivity index (χ3v) is 2.24. The Hall–Kier alpha value is -0.0800. The van der Waals surface area contributed by atoms with E-state index in [1.807, 2.05) is 0 Å². The van der Waals surface area contributed by atoms with Gasteiger partial charge >= 0.3 is 0 Å². The third-order valence-electron chi connectivity index (χ3n) is 2.24. The molecule has 1 unspecified atom stereocenters. The Morgan fingerprint density at radius 2 is 2.00 bits per heavy atom. The molecule has 2 fully saturated rings. The molecule has 2 radical (unpaired) electrons. The first-order chi connectivity index (χ1) is 4.81. The highest BCUT2D eigenvalue weighted by atomic mass is 16.7. The molecule has 1 saturated carbocycles. The molecule has 0 aromatic heterocycles. The maximum atomic E-state index is 5.54. The molecule has 1 aliphatic heterocycles. The Labute approximate surface area is 61.5 Å². The fourth-order valence-electron chi connectivity index (χ4n) is 1.75. The molecule has 10 heavy (non-hydrogen) atoms. The van der Waals surface area contributed by atoms with Gasteiger partial charge in [0.1, 0.15) is 0 Å². The quantitative estimate of drug-likeness (QED) is 0.506. The SMILES string of the molecule is [CH]C1COC2(CCCC2)O1. The van der Waals surface area contributed by atoms with Crippen LogP contribution in [0.5, 0.6) is 0 Å². The zero-order valence-corrected chi connectivity index (χ0v) is 6.01. The molecule has 2 aliphatic rings. The predicted molar refractivity (Wildman–Crippen MR) is 36.3 cm³/mol. The van der Waals surface area contributed by atoms with Crippen LogP contribution < -0.4 is 0 Å². The van der Waals surface area contributed by atoms with Gasteiger partial charge in [-0.25, -0.2) is 0 Å². The van der Waals surface area contributed by atoms with Crippen LogP contribution in [0.1, 0.15) is 25.7 Å². The van der Waals surface area contributed by atoms with Crippen LogP contribution in [-0.4, -0.2) is 18.5 Å². The maximum absolute atomic E-state index is 5.54. The highest BCUT2D eigenvalue weighted by Gasteiger charge is 2.42.